The summed E-state index contributed by atoms with van der Waals surface area (Å²) in [6, 6.07) is 0. The molecule has 0 radical (unpaired) electrons. The molecule has 21 heavy (non-hydrogen) atoms. The summed E-state index contributed by atoms with van der Waals surface area (Å²) >= 11 is 0. The van der Waals surface area contributed by atoms with Gasteiger partial charge in [0.2, 0.25) is 0 Å². The van der Waals surface area contributed by atoms with Gasteiger partial charge in [0.1, 0.15) is 0 Å². The van der Waals surface area contributed by atoms with Gasteiger partial charge in [-0.1, -0.05) is 39.7 Å². The SMILES string of the molecule is C=CCn1c(=O)n(CCCC)c(=O)n(CC(C)CC)c1=O. The van der Waals surface area contributed by atoms with Crippen molar-refractivity contribution in [2.75, 3.05) is 0 Å². The maximum atomic E-state index is 12.4. The molecule has 0 fully saturated rings. The van der Waals surface area contributed by atoms with Crippen LogP contribution in [-0.4, -0.2) is 13.7 Å². The van der Waals surface area contributed by atoms with Gasteiger partial charge in [0.25, 0.3) is 0 Å². The van der Waals surface area contributed by atoms with Crippen molar-refractivity contribution in [3.8, 4) is 0 Å². The Labute approximate surface area is 124 Å². The van der Waals surface area contributed by atoms with Gasteiger partial charge in [0.05, 0.1) is 6.54 Å². The standard InChI is InChI=1S/C15H25N3O3/c1-5-8-10-17-13(19)16(9-6-2)14(20)18(15(17)21)11-12(4)7-3/h6,12H,2,5,7-11H2,1,3-4H3. The zero-order valence-corrected chi connectivity index (χ0v) is 13.2. The van der Waals surface area contributed by atoms with Crippen LogP contribution in [0.2, 0.25) is 0 Å². The molecule has 0 saturated carbocycles. The number of nitrogens with zero attached hydrogens (tertiary/aromatic N) is 3. The summed E-state index contributed by atoms with van der Waals surface area (Å²) in [5, 5.41) is 0. The average molecular weight is 295 g/mol. The lowest BCUT2D eigenvalue weighted by molar-refractivity contribution is 0.392. The number of allylic oxidation sites excluding steroid dienone is 1. The van der Waals surface area contributed by atoms with Crippen LogP contribution in [0.4, 0.5) is 0 Å². The van der Waals surface area contributed by atoms with E-state index in [0.29, 0.717) is 13.1 Å². The molecule has 0 spiro atoms. The fourth-order valence-electron chi connectivity index (χ4n) is 2.07. The van der Waals surface area contributed by atoms with Crippen molar-refractivity contribution in [1.29, 1.82) is 0 Å². The number of aromatic nitrogens is 3. The molecule has 1 aromatic heterocycles. The first-order chi connectivity index (χ1) is 9.97. The highest BCUT2D eigenvalue weighted by atomic mass is 16.2. The molecule has 1 heterocycles. The molecule has 118 valence electrons. The Hall–Kier alpha value is -1.85. The predicted octanol–water partition coefficient (Wildman–Crippen LogP) is 1.20. The largest absolute Gasteiger partial charge is 0.336 e. The molecule has 1 aromatic rings. The lowest BCUT2D eigenvalue weighted by Crippen LogP contribution is -2.54. The molecule has 0 bridgehead atoms. The van der Waals surface area contributed by atoms with Crippen LogP contribution >= 0.6 is 0 Å². The van der Waals surface area contributed by atoms with E-state index in [2.05, 4.69) is 6.58 Å². The van der Waals surface area contributed by atoms with Crippen molar-refractivity contribution in [2.24, 2.45) is 5.92 Å². The van der Waals surface area contributed by atoms with E-state index in [-0.39, 0.29) is 12.5 Å². The predicted molar refractivity (Wildman–Crippen MR) is 83.8 cm³/mol. The van der Waals surface area contributed by atoms with Crippen molar-refractivity contribution in [3.05, 3.63) is 44.1 Å². The third-order valence-corrected chi connectivity index (χ3v) is 3.62. The van der Waals surface area contributed by atoms with Gasteiger partial charge in [-0.3, -0.25) is 0 Å². The molecule has 0 saturated heterocycles. The van der Waals surface area contributed by atoms with E-state index in [1.807, 2.05) is 20.8 Å². The summed E-state index contributed by atoms with van der Waals surface area (Å²) in [7, 11) is 0. The Kier molecular flexibility index (Phi) is 6.39. The number of unbranched alkanes of at least 4 members (excludes halogenated alkanes) is 1. The van der Waals surface area contributed by atoms with Crippen molar-refractivity contribution < 1.29 is 0 Å². The summed E-state index contributed by atoms with van der Waals surface area (Å²) < 4.78 is 3.41. The van der Waals surface area contributed by atoms with E-state index in [9.17, 15) is 14.4 Å². The van der Waals surface area contributed by atoms with Crippen LogP contribution in [0.5, 0.6) is 0 Å². The Morgan fingerprint density at radius 2 is 1.62 bits per heavy atom. The Bertz CT molecular complexity index is 652. The number of hydrogen-bond acceptors (Lipinski definition) is 3. The highest BCUT2D eigenvalue weighted by molar-refractivity contribution is 4.82. The monoisotopic (exact) mass is 295 g/mol. The van der Waals surface area contributed by atoms with Gasteiger partial charge >= 0.3 is 17.1 Å². The Morgan fingerprint density at radius 1 is 1.05 bits per heavy atom. The number of rotatable bonds is 8. The summed E-state index contributed by atoms with van der Waals surface area (Å²) in [6.45, 7) is 10.3. The van der Waals surface area contributed by atoms with Crippen LogP contribution in [-0.2, 0) is 19.6 Å². The van der Waals surface area contributed by atoms with E-state index < -0.39 is 17.1 Å². The van der Waals surface area contributed by atoms with E-state index in [4.69, 9.17) is 0 Å². The summed E-state index contributed by atoms with van der Waals surface area (Å²) in [6.07, 6.45) is 3.95. The molecular weight excluding hydrogens is 270 g/mol. The quantitative estimate of drug-likeness (QED) is 0.677. The van der Waals surface area contributed by atoms with Crippen molar-refractivity contribution in [1.82, 2.24) is 13.7 Å². The van der Waals surface area contributed by atoms with Crippen LogP contribution in [0.15, 0.2) is 27.0 Å². The summed E-state index contributed by atoms with van der Waals surface area (Å²) in [4.78, 5) is 37.0. The van der Waals surface area contributed by atoms with Gasteiger partial charge in [-0.2, -0.15) is 0 Å². The van der Waals surface area contributed by atoms with E-state index in [0.717, 1.165) is 28.4 Å². The minimum atomic E-state index is -0.544. The number of hydrogen-bond donors (Lipinski definition) is 0. The van der Waals surface area contributed by atoms with Crippen LogP contribution < -0.4 is 17.1 Å². The molecule has 1 rings (SSSR count). The third-order valence-electron chi connectivity index (χ3n) is 3.62. The van der Waals surface area contributed by atoms with Gasteiger partial charge < -0.3 is 0 Å². The maximum absolute atomic E-state index is 12.4. The van der Waals surface area contributed by atoms with Gasteiger partial charge in [-0.25, -0.2) is 28.1 Å². The van der Waals surface area contributed by atoms with Crippen LogP contribution in [0.1, 0.15) is 40.0 Å². The van der Waals surface area contributed by atoms with Crippen molar-refractivity contribution in [2.45, 2.75) is 59.7 Å². The molecule has 0 aliphatic rings. The Morgan fingerprint density at radius 3 is 2.14 bits per heavy atom. The fourth-order valence-corrected chi connectivity index (χ4v) is 2.07. The molecule has 6 heteroatoms. The molecule has 0 aliphatic heterocycles. The van der Waals surface area contributed by atoms with Crippen LogP contribution in [0.3, 0.4) is 0 Å². The normalized spacial score (nSPS) is 12.3. The zero-order valence-electron chi connectivity index (χ0n) is 13.2. The lowest BCUT2D eigenvalue weighted by atomic mass is 10.1. The van der Waals surface area contributed by atoms with Gasteiger partial charge in [0, 0.05) is 13.1 Å². The highest BCUT2D eigenvalue weighted by Crippen LogP contribution is 2.01. The molecule has 0 amide bonds. The third kappa shape index (κ3) is 3.83. The average Bonchev–Trinajstić information content (AvgIpc) is 2.47. The molecular formula is C15H25N3O3. The van der Waals surface area contributed by atoms with Gasteiger partial charge in [-0.05, 0) is 12.3 Å². The van der Waals surface area contributed by atoms with E-state index in [1.54, 1.807) is 0 Å². The maximum Gasteiger partial charge on any atom is 0.336 e. The molecule has 1 atom stereocenters. The van der Waals surface area contributed by atoms with E-state index in [1.165, 1.54) is 10.6 Å². The summed E-state index contributed by atoms with van der Waals surface area (Å²) in [5.74, 6) is 0.199. The van der Waals surface area contributed by atoms with Gasteiger partial charge in [0.15, 0.2) is 0 Å². The smallest absolute Gasteiger partial charge is 0.247 e. The highest BCUT2D eigenvalue weighted by Gasteiger charge is 2.15. The molecule has 1 unspecified atom stereocenters. The topological polar surface area (TPSA) is 66.0 Å². The molecule has 6 nitrogen and oxygen atoms in total. The first-order valence-electron chi connectivity index (χ1n) is 7.53. The second kappa shape index (κ2) is 7.81. The first kappa shape index (κ1) is 17.2. The van der Waals surface area contributed by atoms with Crippen LogP contribution in [0, 0.1) is 5.92 Å². The molecule has 0 aliphatic carbocycles. The van der Waals surface area contributed by atoms with Crippen molar-refractivity contribution >= 4 is 0 Å². The molecule has 0 N–H and O–H groups in total. The summed E-state index contributed by atoms with van der Waals surface area (Å²) in [5.41, 5.74) is -1.59. The van der Waals surface area contributed by atoms with Gasteiger partial charge in [-0.15, -0.1) is 6.58 Å². The second-order valence-electron chi connectivity index (χ2n) is 5.38. The first-order valence-corrected chi connectivity index (χ1v) is 7.53. The molecule has 0 aromatic carbocycles. The minimum absolute atomic E-state index is 0.116. The Balaban J connectivity index is 3.51. The minimum Gasteiger partial charge on any atom is -0.247 e. The second-order valence-corrected chi connectivity index (χ2v) is 5.38. The fraction of sp³-hybridized carbons (Fsp3) is 0.667. The zero-order chi connectivity index (χ0) is 16.0. The van der Waals surface area contributed by atoms with Crippen molar-refractivity contribution in [3.63, 3.8) is 0 Å². The van der Waals surface area contributed by atoms with Crippen LogP contribution in [0.25, 0.3) is 0 Å². The van der Waals surface area contributed by atoms with E-state index >= 15 is 0 Å². The lowest BCUT2D eigenvalue weighted by Gasteiger charge is -2.15.